The van der Waals surface area contributed by atoms with Gasteiger partial charge in [0, 0.05) is 51.6 Å². The molecule has 0 aromatic heterocycles. The molecule has 2 aromatic carbocycles. The molecule has 6 aliphatic heterocycles. The minimum absolute atomic E-state index is 0.247. The third-order valence-electron chi connectivity index (χ3n) is 13.6. The molecule has 412 valence electrons. The summed E-state index contributed by atoms with van der Waals surface area (Å²) >= 11 is 4.81. The highest BCUT2D eigenvalue weighted by atomic mass is 127. The lowest BCUT2D eigenvalue weighted by Crippen LogP contribution is -2.58. The number of alkyl halides is 2. The van der Waals surface area contributed by atoms with Crippen LogP contribution in [-0.2, 0) is 37.9 Å². The van der Waals surface area contributed by atoms with Crippen LogP contribution < -0.4 is 19.3 Å². The Kier molecular flexibility index (Phi) is 21.2. The predicted molar refractivity (Wildman–Crippen MR) is 295 cm³/mol. The van der Waals surface area contributed by atoms with Gasteiger partial charge in [0.2, 0.25) is 0 Å². The summed E-state index contributed by atoms with van der Waals surface area (Å²) in [6, 6.07) is 8.74. The van der Waals surface area contributed by atoms with Gasteiger partial charge in [-0.05, 0) is 152 Å². The largest absolute Gasteiger partial charge is 0.497 e. The smallest absolute Gasteiger partial charge is 0.417 e. The Morgan fingerprint density at radius 2 is 1.00 bits per heavy atom. The van der Waals surface area contributed by atoms with Gasteiger partial charge >= 0.3 is 12.2 Å². The second-order valence-electron chi connectivity index (χ2n) is 21.3. The van der Waals surface area contributed by atoms with Crippen molar-refractivity contribution in [3.05, 3.63) is 47.5 Å². The summed E-state index contributed by atoms with van der Waals surface area (Å²) in [7, 11) is 3.07. The fraction of sp³-hybridized carbons (Fsp3) is 0.704. The van der Waals surface area contributed by atoms with Crippen LogP contribution in [0.15, 0.2) is 36.4 Å². The Hall–Kier alpha value is -3.26. The quantitative estimate of drug-likeness (QED) is 0.0882. The number of methoxy groups -OCH3 is 2. The second-order valence-corrected chi connectivity index (χ2v) is 23.4. The van der Waals surface area contributed by atoms with Crippen molar-refractivity contribution in [2.75, 3.05) is 72.4 Å². The van der Waals surface area contributed by atoms with E-state index in [4.69, 9.17) is 47.4 Å². The summed E-state index contributed by atoms with van der Waals surface area (Å²) in [4.78, 5) is 64.0. The van der Waals surface area contributed by atoms with Crippen LogP contribution in [0.25, 0.3) is 0 Å². The highest BCUT2D eigenvalue weighted by molar-refractivity contribution is 14.1. The number of unbranched alkanes of at least 4 members (excludes halogenated alkanes) is 2. The lowest BCUT2D eigenvalue weighted by atomic mass is 10.1. The molecule has 18 nitrogen and oxygen atoms in total. The van der Waals surface area contributed by atoms with Crippen molar-refractivity contribution in [3.8, 4) is 11.5 Å². The van der Waals surface area contributed by atoms with Crippen molar-refractivity contribution in [2.45, 2.75) is 179 Å². The number of fused-ring (bicyclic) bond motifs is 4. The van der Waals surface area contributed by atoms with E-state index in [0.717, 1.165) is 25.7 Å². The van der Waals surface area contributed by atoms with Crippen LogP contribution in [0.2, 0.25) is 0 Å². The van der Waals surface area contributed by atoms with Crippen molar-refractivity contribution in [3.63, 3.8) is 0 Å². The molecule has 0 saturated carbocycles. The second kappa shape index (κ2) is 26.9. The topological polar surface area (TPSA) is 174 Å². The lowest BCUT2D eigenvalue weighted by Gasteiger charge is -2.40. The number of hydrogen-bond acceptors (Lipinski definition) is 14. The molecule has 6 aliphatic rings. The number of ether oxygens (including phenoxy) is 10. The minimum atomic E-state index is -1.00. The molecule has 0 aliphatic carbocycles. The van der Waals surface area contributed by atoms with E-state index < -0.39 is 72.7 Å². The molecule has 20 heteroatoms. The highest BCUT2D eigenvalue weighted by Crippen LogP contribution is 2.43. The summed E-state index contributed by atoms with van der Waals surface area (Å²) in [6.45, 7) is 13.3. The zero-order valence-corrected chi connectivity index (χ0v) is 48.8. The Morgan fingerprint density at radius 3 is 1.34 bits per heavy atom. The predicted octanol–water partition coefficient (Wildman–Crippen LogP) is 10.3. The molecule has 4 unspecified atom stereocenters. The molecular formula is C54H78I2N4O14. The van der Waals surface area contributed by atoms with Gasteiger partial charge in [-0.1, -0.05) is 45.2 Å². The fourth-order valence-electron chi connectivity index (χ4n) is 10.1. The van der Waals surface area contributed by atoms with Crippen LogP contribution in [0.3, 0.4) is 0 Å². The fourth-order valence-corrected chi connectivity index (χ4v) is 11.2. The maximum Gasteiger partial charge on any atom is 0.417 e. The molecule has 8 atom stereocenters. The third kappa shape index (κ3) is 14.6. The molecular weight excluding hydrogens is 1180 g/mol. The Morgan fingerprint density at radius 1 is 0.595 bits per heavy atom. The maximum atomic E-state index is 14.5. The van der Waals surface area contributed by atoms with E-state index in [9.17, 15) is 19.2 Å². The molecule has 0 spiro atoms. The number of amides is 4. The van der Waals surface area contributed by atoms with Gasteiger partial charge in [-0.25, -0.2) is 19.4 Å². The number of carbonyl (C=O) groups excluding carboxylic acids is 4. The first-order valence-electron chi connectivity index (χ1n) is 26.4. The van der Waals surface area contributed by atoms with Gasteiger partial charge in [-0.15, -0.1) is 0 Å². The third-order valence-corrected chi connectivity index (χ3v) is 15.1. The minimum Gasteiger partial charge on any atom is -0.497 e. The molecule has 4 saturated heterocycles. The SMILES string of the molecule is COc1ccc2c(c1)N(C(=O)OC(C)(C)C)[C@@H](OC1CCCCO1)[C@@H]1C(OCCCCOC3CCN4C(=O)c5ccc(OC)cc5N(C(=O)OC(C)(C)C)[C@@H](OC5CCCCO5)[C@H]34)CCN1C2=O.ICCCCI. The molecule has 0 N–H and O–H groups in total. The van der Waals surface area contributed by atoms with E-state index >= 15 is 0 Å². The standard InChI is InChI=1S/C50H70N4O14.C4H8I2/c1-49(2,3)67-47(57)53-35-29-31(59-7)17-19-33(35)43(55)51-23-21-37(41(51)45(53)65-39-15-9-11-27-63-39)61-25-13-14-26-62-38-22-24-52-42(38)46(66-40-16-10-12-28-64-40)54(48(58)68-50(4,5)6)36-30-32(60-8)18-20-34(36)44(52)56;5-3-1-2-4-6/h17-20,29-30,37-42,45-46H,9-16,21-28H2,1-8H3;1-4H2/t37?,38?,39?,40?,41-,42-,45-,46-;/m0./s1. The molecule has 4 amide bonds. The Balaban J connectivity index is 0.00000126. The van der Waals surface area contributed by atoms with Crippen molar-refractivity contribution < 1.29 is 66.5 Å². The Labute approximate surface area is 464 Å². The number of benzene rings is 2. The van der Waals surface area contributed by atoms with Gasteiger partial charge in [-0.2, -0.15) is 0 Å². The molecule has 0 radical (unpaired) electrons. The summed E-state index contributed by atoms with van der Waals surface area (Å²) in [5, 5.41) is 0. The van der Waals surface area contributed by atoms with Gasteiger partial charge < -0.3 is 57.2 Å². The van der Waals surface area contributed by atoms with E-state index in [2.05, 4.69) is 45.2 Å². The van der Waals surface area contributed by atoms with E-state index in [-0.39, 0.29) is 11.8 Å². The first-order chi connectivity index (χ1) is 35.5. The zero-order valence-electron chi connectivity index (χ0n) is 44.5. The molecule has 74 heavy (non-hydrogen) atoms. The molecule has 2 aromatic rings. The number of nitrogens with zero attached hydrogens (tertiary/aromatic N) is 4. The number of carbonyl (C=O) groups is 4. The Bertz CT molecular complexity index is 2050. The first-order valence-corrected chi connectivity index (χ1v) is 29.4. The van der Waals surface area contributed by atoms with Crippen LogP contribution >= 0.6 is 45.2 Å². The van der Waals surface area contributed by atoms with Gasteiger partial charge in [0.15, 0.2) is 25.0 Å². The zero-order chi connectivity index (χ0) is 53.2. The monoisotopic (exact) mass is 1260 g/mol. The normalized spacial score (nSPS) is 25.9. The maximum absolute atomic E-state index is 14.5. The molecule has 0 bridgehead atoms. The summed E-state index contributed by atoms with van der Waals surface area (Å²) in [5.74, 6) is 0.448. The van der Waals surface area contributed by atoms with E-state index in [1.165, 1.54) is 45.7 Å². The first kappa shape index (κ1) is 58.4. The van der Waals surface area contributed by atoms with Crippen LogP contribution in [0, 0.1) is 0 Å². The average molecular weight is 1260 g/mol. The summed E-state index contributed by atoms with van der Waals surface area (Å²) < 4.78 is 64.8. The van der Waals surface area contributed by atoms with Crippen molar-refractivity contribution >= 4 is 80.6 Å². The van der Waals surface area contributed by atoms with Crippen LogP contribution in [0.1, 0.15) is 139 Å². The van der Waals surface area contributed by atoms with Crippen LogP contribution in [-0.4, -0.2) is 157 Å². The van der Waals surface area contributed by atoms with E-state index in [1.807, 2.05) is 0 Å². The molecule has 6 heterocycles. The number of rotatable bonds is 16. The van der Waals surface area contributed by atoms with E-state index in [0.29, 0.717) is 112 Å². The van der Waals surface area contributed by atoms with E-state index in [1.54, 1.807) is 87.7 Å². The number of anilines is 2. The lowest BCUT2D eigenvalue weighted by molar-refractivity contribution is -0.202. The van der Waals surface area contributed by atoms with Gasteiger partial charge in [0.1, 0.15) is 34.8 Å². The van der Waals surface area contributed by atoms with Gasteiger partial charge in [0.05, 0.1) is 48.9 Å². The molecule has 8 rings (SSSR count). The van der Waals surface area contributed by atoms with Crippen molar-refractivity contribution in [1.82, 2.24) is 9.80 Å². The van der Waals surface area contributed by atoms with Crippen molar-refractivity contribution in [2.24, 2.45) is 0 Å². The van der Waals surface area contributed by atoms with Crippen molar-refractivity contribution in [1.29, 1.82) is 0 Å². The number of hydrogen-bond donors (Lipinski definition) is 0. The van der Waals surface area contributed by atoms with Gasteiger partial charge in [-0.3, -0.25) is 9.59 Å². The van der Waals surface area contributed by atoms with Crippen LogP contribution in [0.5, 0.6) is 11.5 Å². The number of halogens is 2. The van der Waals surface area contributed by atoms with Crippen LogP contribution in [0.4, 0.5) is 21.0 Å². The van der Waals surface area contributed by atoms with Gasteiger partial charge in [0.25, 0.3) is 11.8 Å². The summed E-state index contributed by atoms with van der Waals surface area (Å²) in [5.41, 5.74) is -0.384. The highest BCUT2D eigenvalue weighted by Gasteiger charge is 2.54. The molecule has 4 fully saturated rings. The summed E-state index contributed by atoms with van der Waals surface area (Å²) in [6.07, 6.45) is 4.36. The average Bonchev–Trinajstić information content (AvgIpc) is 3.95.